The van der Waals surface area contributed by atoms with E-state index in [9.17, 15) is 19.5 Å². The van der Waals surface area contributed by atoms with Gasteiger partial charge in [0.25, 0.3) is 5.91 Å². The zero-order valence-electron chi connectivity index (χ0n) is 19.9. The summed E-state index contributed by atoms with van der Waals surface area (Å²) in [5.74, 6) is -1.73. The van der Waals surface area contributed by atoms with Crippen LogP contribution in [-0.4, -0.2) is 66.9 Å². The van der Waals surface area contributed by atoms with Gasteiger partial charge in [0.15, 0.2) is 22.9 Å². The van der Waals surface area contributed by atoms with E-state index in [1.165, 1.54) is 18.9 Å². The average molecular weight is 479 g/mol. The van der Waals surface area contributed by atoms with Gasteiger partial charge in [-0.05, 0) is 43.9 Å². The first-order chi connectivity index (χ1) is 16.7. The molecule has 182 valence electrons. The Kier molecular flexibility index (Phi) is 6.61. The number of nitrogens with zero attached hydrogens (tertiary/aromatic N) is 2. The maximum absolute atomic E-state index is 13.7. The quantitative estimate of drug-likeness (QED) is 0.298. The number of rotatable bonds is 8. The van der Waals surface area contributed by atoms with Crippen molar-refractivity contribution < 1.29 is 33.4 Å². The van der Waals surface area contributed by atoms with Crippen LogP contribution in [0.4, 0.5) is 0 Å². The standard InChI is InChI=1S/C26H26N2O7/c1-15(29)34-18-9-5-7-16(13-18)22-21(24(31)26(32)28(22)12-11-27(2)3)23(30)20-14-17-8-6-10-19(33-4)25(17)35-20/h5-10,13-14,22,31H,11-12H2,1-4H3. The maximum Gasteiger partial charge on any atom is 0.308 e. The molecule has 1 N–H and O–H groups in total. The third kappa shape index (κ3) is 4.63. The van der Waals surface area contributed by atoms with Gasteiger partial charge >= 0.3 is 5.97 Å². The van der Waals surface area contributed by atoms with Crippen LogP contribution in [0, 0.1) is 0 Å². The van der Waals surface area contributed by atoms with Crippen LogP contribution in [0.25, 0.3) is 11.0 Å². The second-order valence-electron chi connectivity index (χ2n) is 8.45. The second-order valence-corrected chi connectivity index (χ2v) is 8.45. The number of hydrogen-bond acceptors (Lipinski definition) is 8. The molecule has 1 amide bonds. The Balaban J connectivity index is 1.80. The highest BCUT2D eigenvalue weighted by atomic mass is 16.5. The summed E-state index contributed by atoms with van der Waals surface area (Å²) in [6.45, 7) is 2.04. The van der Waals surface area contributed by atoms with E-state index in [-0.39, 0.29) is 23.6 Å². The van der Waals surface area contributed by atoms with Gasteiger partial charge in [-0.3, -0.25) is 14.4 Å². The smallest absolute Gasteiger partial charge is 0.308 e. The number of Topliss-reactive ketones (excluding diaryl/α,β-unsaturated/α-hetero) is 1. The summed E-state index contributed by atoms with van der Waals surface area (Å²) in [4.78, 5) is 41.6. The number of likely N-dealkylation sites (N-methyl/N-ethyl adjacent to an activating group) is 1. The Labute approximate surface area is 202 Å². The van der Waals surface area contributed by atoms with Crippen molar-refractivity contribution in [1.82, 2.24) is 9.80 Å². The minimum Gasteiger partial charge on any atom is -0.503 e. The van der Waals surface area contributed by atoms with E-state index in [0.717, 1.165) is 0 Å². The molecule has 0 saturated carbocycles. The fourth-order valence-corrected chi connectivity index (χ4v) is 4.13. The third-order valence-corrected chi connectivity index (χ3v) is 5.72. The lowest BCUT2D eigenvalue weighted by molar-refractivity contribution is -0.132. The highest BCUT2D eigenvalue weighted by Crippen LogP contribution is 2.41. The number of fused-ring (bicyclic) bond motifs is 1. The van der Waals surface area contributed by atoms with Crippen molar-refractivity contribution in [2.24, 2.45) is 0 Å². The molecule has 1 aliphatic heterocycles. The number of carbonyl (C=O) groups excluding carboxylic acids is 3. The van der Waals surface area contributed by atoms with E-state index in [1.54, 1.807) is 48.5 Å². The number of aliphatic hydroxyl groups is 1. The van der Waals surface area contributed by atoms with Gasteiger partial charge in [-0.25, -0.2) is 0 Å². The third-order valence-electron chi connectivity index (χ3n) is 5.72. The van der Waals surface area contributed by atoms with Crippen LogP contribution >= 0.6 is 0 Å². The molecule has 0 fully saturated rings. The largest absolute Gasteiger partial charge is 0.503 e. The normalized spacial score (nSPS) is 15.9. The lowest BCUT2D eigenvalue weighted by Gasteiger charge is -2.28. The molecule has 35 heavy (non-hydrogen) atoms. The van der Waals surface area contributed by atoms with Gasteiger partial charge < -0.3 is 28.8 Å². The first-order valence-corrected chi connectivity index (χ1v) is 11.0. The van der Waals surface area contributed by atoms with Gasteiger partial charge in [0.2, 0.25) is 5.78 Å². The summed E-state index contributed by atoms with van der Waals surface area (Å²) in [6, 6.07) is 12.5. The second kappa shape index (κ2) is 9.63. The Morgan fingerprint density at radius 1 is 1.14 bits per heavy atom. The van der Waals surface area contributed by atoms with Crippen LogP contribution in [-0.2, 0) is 9.59 Å². The number of hydrogen-bond donors (Lipinski definition) is 1. The van der Waals surface area contributed by atoms with Crippen molar-refractivity contribution in [2.75, 3.05) is 34.3 Å². The average Bonchev–Trinajstić information content (AvgIpc) is 3.36. The number of ether oxygens (including phenoxy) is 2. The Morgan fingerprint density at radius 3 is 2.57 bits per heavy atom. The predicted octanol–water partition coefficient (Wildman–Crippen LogP) is 3.51. The van der Waals surface area contributed by atoms with Crippen molar-refractivity contribution in [1.29, 1.82) is 0 Å². The molecule has 0 radical (unpaired) electrons. The first-order valence-electron chi connectivity index (χ1n) is 11.0. The minimum absolute atomic E-state index is 0.0329. The van der Waals surface area contributed by atoms with Crippen LogP contribution in [0.5, 0.6) is 11.5 Å². The van der Waals surface area contributed by atoms with Crippen LogP contribution in [0.1, 0.15) is 29.1 Å². The van der Waals surface area contributed by atoms with E-state index in [2.05, 4.69) is 0 Å². The molecule has 1 aromatic heterocycles. The number of esters is 1. The van der Waals surface area contributed by atoms with Gasteiger partial charge in [-0.1, -0.05) is 24.3 Å². The summed E-state index contributed by atoms with van der Waals surface area (Å²) in [5, 5.41) is 11.5. The highest BCUT2D eigenvalue weighted by Gasteiger charge is 2.44. The van der Waals surface area contributed by atoms with Crippen LogP contribution in [0.3, 0.4) is 0 Å². The molecular formula is C26H26N2O7. The van der Waals surface area contributed by atoms with Gasteiger partial charge in [0.05, 0.1) is 18.7 Å². The van der Waals surface area contributed by atoms with E-state index in [1.807, 2.05) is 19.0 Å². The molecule has 9 heteroatoms. The molecular weight excluding hydrogens is 452 g/mol. The first kappa shape index (κ1) is 24.0. The highest BCUT2D eigenvalue weighted by molar-refractivity contribution is 6.16. The number of para-hydroxylation sites is 1. The minimum atomic E-state index is -0.902. The van der Waals surface area contributed by atoms with Crippen molar-refractivity contribution in [3.63, 3.8) is 0 Å². The fourth-order valence-electron chi connectivity index (χ4n) is 4.13. The number of ketones is 1. The van der Waals surface area contributed by atoms with Crippen LogP contribution in [0.15, 0.2) is 64.3 Å². The molecule has 3 aromatic rings. The molecule has 2 aromatic carbocycles. The number of carbonyl (C=O) groups is 3. The van der Waals surface area contributed by atoms with Crippen molar-refractivity contribution in [3.8, 4) is 11.5 Å². The summed E-state index contributed by atoms with van der Waals surface area (Å²) >= 11 is 0. The Morgan fingerprint density at radius 2 is 1.89 bits per heavy atom. The predicted molar refractivity (Wildman–Crippen MR) is 128 cm³/mol. The number of methoxy groups -OCH3 is 1. The van der Waals surface area contributed by atoms with Crippen LogP contribution in [0.2, 0.25) is 0 Å². The number of amides is 1. The van der Waals surface area contributed by atoms with E-state index < -0.39 is 29.5 Å². The van der Waals surface area contributed by atoms with Crippen molar-refractivity contribution >= 4 is 28.6 Å². The molecule has 1 aliphatic rings. The summed E-state index contributed by atoms with van der Waals surface area (Å²) < 4.78 is 16.3. The molecule has 1 unspecified atom stereocenters. The molecule has 0 spiro atoms. The SMILES string of the molecule is COc1cccc2cc(C(=O)C3=C(O)C(=O)N(CCN(C)C)C3c3cccc(OC(C)=O)c3)oc12. The zero-order valence-corrected chi connectivity index (χ0v) is 19.9. The van der Waals surface area contributed by atoms with E-state index in [0.29, 0.717) is 28.8 Å². The van der Waals surface area contributed by atoms with Gasteiger partial charge in [0.1, 0.15) is 5.75 Å². The molecule has 4 rings (SSSR count). The molecule has 2 heterocycles. The summed E-state index contributed by atoms with van der Waals surface area (Å²) in [7, 11) is 5.22. The zero-order chi connectivity index (χ0) is 25.3. The number of aliphatic hydroxyl groups excluding tert-OH is 1. The maximum atomic E-state index is 13.7. The molecule has 0 saturated heterocycles. The molecule has 9 nitrogen and oxygen atoms in total. The fraction of sp³-hybridized carbons (Fsp3) is 0.269. The van der Waals surface area contributed by atoms with Crippen molar-refractivity contribution in [3.05, 3.63) is 71.2 Å². The summed E-state index contributed by atoms with van der Waals surface area (Å²) in [6.07, 6.45) is 0. The van der Waals surface area contributed by atoms with E-state index >= 15 is 0 Å². The molecule has 1 atom stereocenters. The Hall–Kier alpha value is -4.11. The van der Waals surface area contributed by atoms with Gasteiger partial charge in [0, 0.05) is 25.4 Å². The Bertz CT molecular complexity index is 1340. The van der Waals surface area contributed by atoms with Crippen molar-refractivity contribution in [2.45, 2.75) is 13.0 Å². The molecule has 0 bridgehead atoms. The topological polar surface area (TPSA) is 110 Å². The van der Waals surface area contributed by atoms with Crippen LogP contribution < -0.4 is 9.47 Å². The number of furan rings is 1. The molecule has 0 aliphatic carbocycles. The number of benzene rings is 2. The summed E-state index contributed by atoms with van der Waals surface area (Å²) in [5.41, 5.74) is 0.796. The lowest BCUT2D eigenvalue weighted by atomic mass is 9.95. The van der Waals surface area contributed by atoms with Gasteiger partial charge in [-0.2, -0.15) is 0 Å². The van der Waals surface area contributed by atoms with E-state index in [4.69, 9.17) is 13.9 Å². The lowest BCUT2D eigenvalue weighted by Crippen LogP contribution is -2.36. The van der Waals surface area contributed by atoms with Gasteiger partial charge in [-0.15, -0.1) is 0 Å². The monoisotopic (exact) mass is 478 g/mol.